The molecule has 0 radical (unpaired) electrons. The summed E-state index contributed by atoms with van der Waals surface area (Å²) in [6.45, 7) is 3.74. The highest BCUT2D eigenvalue weighted by Gasteiger charge is 2.08. The number of hydrogen-bond donors (Lipinski definition) is 2. The Morgan fingerprint density at radius 1 is 1.12 bits per heavy atom. The van der Waals surface area contributed by atoms with Gasteiger partial charge >= 0.3 is 0 Å². The first-order chi connectivity index (χ1) is 12.0. The summed E-state index contributed by atoms with van der Waals surface area (Å²) in [6.07, 6.45) is 0.947. The van der Waals surface area contributed by atoms with Gasteiger partial charge in [-0.25, -0.2) is 5.43 Å². The minimum Gasteiger partial charge on any atom is -0.326 e. The molecule has 6 heteroatoms. The number of aryl methyl sites for hydroxylation is 1. The molecular weight excluding hydrogens is 382 g/mol. The molecule has 0 aliphatic heterocycles. The molecule has 0 bridgehead atoms. The van der Waals surface area contributed by atoms with Crippen LogP contribution >= 0.6 is 15.9 Å². The molecule has 0 aliphatic carbocycles. The van der Waals surface area contributed by atoms with Gasteiger partial charge in [0.05, 0.1) is 6.42 Å². The molecular formula is C19H20BrN3O2. The van der Waals surface area contributed by atoms with Crippen molar-refractivity contribution in [1.29, 1.82) is 0 Å². The maximum absolute atomic E-state index is 12.1. The topological polar surface area (TPSA) is 70.6 Å². The molecule has 0 atom stereocenters. The van der Waals surface area contributed by atoms with Crippen LogP contribution in [0.15, 0.2) is 58.1 Å². The minimum absolute atomic E-state index is 0.108. The third-order valence-electron chi connectivity index (χ3n) is 3.52. The number of nitrogens with one attached hydrogen (secondary N) is 2. The number of amides is 2. The first-order valence-electron chi connectivity index (χ1n) is 7.96. The molecule has 0 saturated heterocycles. The van der Waals surface area contributed by atoms with Crippen molar-refractivity contribution in [2.24, 2.45) is 5.10 Å². The quantitative estimate of drug-likeness (QED) is 0.563. The molecule has 2 N–H and O–H groups in total. The summed E-state index contributed by atoms with van der Waals surface area (Å²) in [5.41, 5.74) is 5.37. The minimum atomic E-state index is -0.322. The van der Waals surface area contributed by atoms with Gasteiger partial charge in [-0.15, -0.1) is 0 Å². The van der Waals surface area contributed by atoms with Gasteiger partial charge in [0, 0.05) is 21.4 Å². The maximum Gasteiger partial charge on any atom is 0.271 e. The Labute approximate surface area is 155 Å². The Balaban J connectivity index is 1.92. The first-order valence-corrected chi connectivity index (χ1v) is 8.75. The molecule has 0 fully saturated rings. The average Bonchev–Trinajstić information content (AvgIpc) is 2.60. The Hall–Kier alpha value is -2.47. The van der Waals surface area contributed by atoms with Crippen molar-refractivity contribution >= 4 is 39.1 Å². The van der Waals surface area contributed by atoms with E-state index in [0.29, 0.717) is 11.3 Å². The van der Waals surface area contributed by atoms with E-state index in [-0.39, 0.29) is 18.2 Å². The number of hydrogen-bond acceptors (Lipinski definition) is 3. The molecule has 5 nitrogen and oxygen atoms in total. The molecule has 2 aromatic rings. The first kappa shape index (κ1) is 18.9. The lowest BCUT2D eigenvalue weighted by Crippen LogP contribution is -2.21. The van der Waals surface area contributed by atoms with Gasteiger partial charge in [-0.2, -0.15) is 5.10 Å². The normalized spacial score (nSPS) is 11.1. The van der Waals surface area contributed by atoms with Crippen LogP contribution in [-0.4, -0.2) is 17.5 Å². The monoisotopic (exact) mass is 401 g/mol. The zero-order chi connectivity index (χ0) is 18.2. The van der Waals surface area contributed by atoms with Crippen molar-refractivity contribution in [2.75, 3.05) is 5.32 Å². The van der Waals surface area contributed by atoms with Crippen LogP contribution < -0.4 is 10.7 Å². The van der Waals surface area contributed by atoms with E-state index in [1.165, 1.54) is 0 Å². The zero-order valence-corrected chi connectivity index (χ0v) is 15.8. The van der Waals surface area contributed by atoms with Crippen LogP contribution in [0, 0.1) is 0 Å². The zero-order valence-electron chi connectivity index (χ0n) is 14.2. The van der Waals surface area contributed by atoms with Crippen molar-refractivity contribution in [2.45, 2.75) is 26.7 Å². The molecule has 0 unspecified atom stereocenters. The second kappa shape index (κ2) is 9.13. The van der Waals surface area contributed by atoms with Crippen LogP contribution in [0.5, 0.6) is 0 Å². The van der Waals surface area contributed by atoms with E-state index >= 15 is 0 Å². The molecule has 2 aromatic carbocycles. The molecule has 0 aromatic heterocycles. The third-order valence-corrected chi connectivity index (χ3v) is 4.02. The molecule has 2 rings (SSSR count). The van der Waals surface area contributed by atoms with Gasteiger partial charge in [0.1, 0.15) is 0 Å². The van der Waals surface area contributed by atoms with Crippen LogP contribution in [0.2, 0.25) is 0 Å². The lowest BCUT2D eigenvalue weighted by Gasteiger charge is -2.09. The van der Waals surface area contributed by atoms with E-state index in [0.717, 1.165) is 22.1 Å². The summed E-state index contributed by atoms with van der Waals surface area (Å²) < 4.78 is 0.815. The highest BCUT2D eigenvalue weighted by molar-refractivity contribution is 9.10. The number of carbonyl (C=O) groups excluding carboxylic acids is 2. The predicted octanol–water partition coefficient (Wildman–Crippen LogP) is 4.15. The molecule has 0 spiro atoms. The smallest absolute Gasteiger partial charge is 0.271 e. The van der Waals surface area contributed by atoms with Gasteiger partial charge in [0.2, 0.25) is 5.91 Å². The largest absolute Gasteiger partial charge is 0.326 e. The van der Waals surface area contributed by atoms with Crippen molar-refractivity contribution in [1.82, 2.24) is 5.43 Å². The van der Waals surface area contributed by atoms with E-state index in [4.69, 9.17) is 0 Å². The number of nitrogens with zero attached hydrogens (tertiary/aromatic N) is 1. The van der Waals surface area contributed by atoms with Crippen molar-refractivity contribution in [3.05, 3.63) is 64.1 Å². The van der Waals surface area contributed by atoms with Crippen LogP contribution in [-0.2, 0) is 11.2 Å². The summed E-state index contributed by atoms with van der Waals surface area (Å²) >= 11 is 3.32. The predicted molar refractivity (Wildman–Crippen MR) is 104 cm³/mol. The second-order valence-corrected chi connectivity index (χ2v) is 6.45. The Kier molecular flexibility index (Phi) is 6.89. The van der Waals surface area contributed by atoms with Crippen molar-refractivity contribution in [3.63, 3.8) is 0 Å². The van der Waals surface area contributed by atoms with Gasteiger partial charge in [0.25, 0.3) is 5.91 Å². The standard InChI is InChI=1S/C19H20BrN3O2/c1-3-14-7-4-5-10-17(14)21-18(24)11-13(2)22-23-19(25)15-8-6-9-16(20)12-15/h4-10,12H,3,11H2,1-2H3,(H,21,24)(H,23,25)/b22-13+. The Morgan fingerprint density at radius 2 is 1.88 bits per heavy atom. The number of anilines is 1. The fourth-order valence-electron chi connectivity index (χ4n) is 2.26. The van der Waals surface area contributed by atoms with Gasteiger partial charge in [-0.05, 0) is 43.2 Å². The number of halogens is 1. The van der Waals surface area contributed by atoms with Gasteiger partial charge < -0.3 is 5.32 Å². The van der Waals surface area contributed by atoms with E-state index in [9.17, 15) is 9.59 Å². The molecule has 2 amide bonds. The van der Waals surface area contributed by atoms with Crippen molar-refractivity contribution in [3.8, 4) is 0 Å². The molecule has 0 aliphatic rings. The number of para-hydroxylation sites is 1. The summed E-state index contributed by atoms with van der Waals surface area (Å²) in [4.78, 5) is 24.2. The summed E-state index contributed by atoms with van der Waals surface area (Å²) in [5, 5.41) is 6.88. The average molecular weight is 402 g/mol. The van der Waals surface area contributed by atoms with Crippen molar-refractivity contribution < 1.29 is 9.59 Å². The lowest BCUT2D eigenvalue weighted by atomic mass is 10.1. The summed E-state index contributed by atoms with van der Waals surface area (Å²) in [5.74, 6) is -0.490. The third kappa shape index (κ3) is 5.83. The van der Waals surface area contributed by atoms with Gasteiger partial charge in [-0.1, -0.05) is 47.1 Å². The Morgan fingerprint density at radius 3 is 2.60 bits per heavy atom. The molecule has 0 saturated carbocycles. The highest BCUT2D eigenvalue weighted by atomic mass is 79.9. The van der Waals surface area contributed by atoms with Gasteiger partial charge in [0.15, 0.2) is 0 Å². The number of hydrazone groups is 1. The van der Waals surface area contributed by atoms with E-state index in [1.54, 1.807) is 25.1 Å². The number of benzene rings is 2. The fraction of sp³-hybridized carbons (Fsp3) is 0.211. The molecule has 130 valence electrons. The second-order valence-electron chi connectivity index (χ2n) is 5.53. The van der Waals surface area contributed by atoms with Gasteiger partial charge in [-0.3, -0.25) is 9.59 Å². The van der Waals surface area contributed by atoms with Crippen LogP contribution in [0.4, 0.5) is 5.69 Å². The SMILES string of the molecule is CCc1ccccc1NC(=O)C/C(C)=N/NC(=O)c1cccc(Br)c1. The summed E-state index contributed by atoms with van der Waals surface area (Å²) in [7, 11) is 0. The highest BCUT2D eigenvalue weighted by Crippen LogP contribution is 2.15. The van der Waals surface area contributed by atoms with E-state index in [2.05, 4.69) is 31.8 Å². The Bertz CT molecular complexity index is 803. The van der Waals surface area contributed by atoms with E-state index in [1.807, 2.05) is 37.3 Å². The number of rotatable bonds is 6. The maximum atomic E-state index is 12.1. The summed E-state index contributed by atoms with van der Waals surface area (Å²) in [6, 6.07) is 14.7. The van der Waals surface area contributed by atoms with Crippen LogP contribution in [0.25, 0.3) is 0 Å². The number of carbonyl (C=O) groups is 2. The van der Waals surface area contributed by atoms with E-state index < -0.39 is 0 Å². The van der Waals surface area contributed by atoms with Crippen LogP contribution in [0.1, 0.15) is 36.2 Å². The van der Waals surface area contributed by atoms with Crippen LogP contribution in [0.3, 0.4) is 0 Å². The fourth-order valence-corrected chi connectivity index (χ4v) is 2.66. The molecule has 0 heterocycles. The lowest BCUT2D eigenvalue weighted by molar-refractivity contribution is -0.115. The molecule has 25 heavy (non-hydrogen) atoms.